The second-order valence-corrected chi connectivity index (χ2v) is 19.9. The van der Waals surface area contributed by atoms with E-state index in [0.717, 1.165) is 99.7 Å². The van der Waals surface area contributed by atoms with Crippen LogP contribution in [0, 0.1) is 0 Å². The highest BCUT2D eigenvalue weighted by Gasteiger charge is 2.22. The molecule has 0 saturated carbocycles. The van der Waals surface area contributed by atoms with Crippen LogP contribution in [0.25, 0.3) is 132 Å². The molecule has 0 aliphatic heterocycles. The Labute approximate surface area is 445 Å². The van der Waals surface area contributed by atoms with Gasteiger partial charge >= 0.3 is 0 Å². The molecule has 0 aliphatic carbocycles. The summed E-state index contributed by atoms with van der Waals surface area (Å²) in [4.78, 5) is 2.40. The van der Waals surface area contributed by atoms with E-state index in [9.17, 15) is 0 Å². The molecule has 2 aromatic heterocycles. The lowest BCUT2D eigenvalue weighted by atomic mass is 9.87. The molecule has 3 nitrogen and oxygen atoms in total. The molecule has 0 bridgehead atoms. The van der Waals surface area contributed by atoms with E-state index in [1.807, 2.05) is 12.1 Å². The first kappa shape index (κ1) is 44.3. The largest absolute Gasteiger partial charge is 0.455 e. The zero-order chi connectivity index (χ0) is 50.8. The summed E-state index contributed by atoms with van der Waals surface area (Å²) >= 11 is 0. The number of para-hydroxylation sites is 4. The van der Waals surface area contributed by atoms with Crippen LogP contribution in [0.5, 0.6) is 0 Å². The van der Waals surface area contributed by atoms with E-state index < -0.39 is 0 Å². The van der Waals surface area contributed by atoms with E-state index in [-0.39, 0.29) is 0 Å². The van der Waals surface area contributed by atoms with Crippen LogP contribution < -0.4 is 4.90 Å². The molecular formula is C74H47NO2. The number of anilines is 3. The van der Waals surface area contributed by atoms with Gasteiger partial charge in [0.05, 0.1) is 5.69 Å². The normalized spacial score (nSPS) is 11.6. The second-order valence-electron chi connectivity index (χ2n) is 19.9. The minimum Gasteiger partial charge on any atom is -0.455 e. The Bertz CT molecular complexity index is 4510. The monoisotopic (exact) mass is 981 g/mol. The van der Waals surface area contributed by atoms with Crippen molar-refractivity contribution in [3.05, 3.63) is 285 Å². The second kappa shape index (κ2) is 18.3. The van der Waals surface area contributed by atoms with E-state index in [1.54, 1.807) is 0 Å². The summed E-state index contributed by atoms with van der Waals surface area (Å²) in [5, 5.41) is 9.11. The first-order chi connectivity index (χ1) is 38.2. The van der Waals surface area contributed by atoms with E-state index in [2.05, 4.69) is 278 Å². The van der Waals surface area contributed by atoms with Crippen molar-refractivity contribution in [3.8, 4) is 66.8 Å². The Kier molecular flexibility index (Phi) is 10.5. The highest BCUT2D eigenvalue weighted by Crippen LogP contribution is 2.47. The maximum atomic E-state index is 6.70. The fraction of sp³-hybridized carbons (Fsp3) is 0. The number of rotatable bonds is 9. The zero-order valence-corrected chi connectivity index (χ0v) is 41.9. The maximum Gasteiger partial charge on any atom is 0.143 e. The third kappa shape index (κ3) is 7.59. The van der Waals surface area contributed by atoms with Crippen LogP contribution >= 0.6 is 0 Å². The Morgan fingerprint density at radius 1 is 0.208 bits per heavy atom. The van der Waals surface area contributed by atoms with Crippen LogP contribution in [-0.4, -0.2) is 0 Å². The smallest absolute Gasteiger partial charge is 0.143 e. The molecule has 0 radical (unpaired) electrons. The van der Waals surface area contributed by atoms with Crippen molar-refractivity contribution in [2.75, 3.05) is 4.90 Å². The lowest BCUT2D eigenvalue weighted by Crippen LogP contribution is -2.10. The van der Waals surface area contributed by atoms with Crippen molar-refractivity contribution < 1.29 is 8.83 Å². The number of fused-ring (bicyclic) bond motifs is 8. The van der Waals surface area contributed by atoms with Crippen molar-refractivity contribution in [3.63, 3.8) is 0 Å². The van der Waals surface area contributed by atoms with Gasteiger partial charge in [0.2, 0.25) is 0 Å². The van der Waals surface area contributed by atoms with Gasteiger partial charge in [0.25, 0.3) is 0 Å². The van der Waals surface area contributed by atoms with Crippen molar-refractivity contribution in [2.45, 2.75) is 0 Å². The SMILES string of the molecule is c1ccc(-c2ccc(N(c3ccc(-c4ccccc4)cc3)c3ccc(-c4ccc(-c5cc(-c6cccc7c6oc6ccccc67)cc(-c6cccc7c6oc6ccccc67)c5)c5ccccc45)c4ccccc34)cc2)cc1. The molecule has 13 aromatic carbocycles. The number of benzene rings is 13. The van der Waals surface area contributed by atoms with Crippen LogP contribution in [-0.2, 0) is 0 Å². The summed E-state index contributed by atoms with van der Waals surface area (Å²) in [6, 6.07) is 103. The maximum absolute atomic E-state index is 6.70. The molecule has 15 aromatic rings. The molecule has 0 fully saturated rings. The first-order valence-corrected chi connectivity index (χ1v) is 26.3. The summed E-state index contributed by atoms with van der Waals surface area (Å²) in [6.45, 7) is 0. The summed E-state index contributed by atoms with van der Waals surface area (Å²) in [5.74, 6) is 0. The molecule has 0 amide bonds. The molecular weight excluding hydrogens is 935 g/mol. The predicted octanol–water partition coefficient (Wildman–Crippen LogP) is 21.3. The van der Waals surface area contributed by atoms with Crippen molar-refractivity contribution in [1.82, 2.24) is 0 Å². The van der Waals surface area contributed by atoms with Gasteiger partial charge in [-0.1, -0.05) is 224 Å². The molecule has 0 atom stereocenters. The molecule has 0 N–H and O–H groups in total. The number of hydrogen-bond acceptors (Lipinski definition) is 3. The first-order valence-electron chi connectivity index (χ1n) is 26.3. The molecule has 0 spiro atoms. The van der Waals surface area contributed by atoms with Gasteiger partial charge in [0.1, 0.15) is 22.3 Å². The van der Waals surface area contributed by atoms with Gasteiger partial charge in [0.15, 0.2) is 0 Å². The summed E-state index contributed by atoms with van der Waals surface area (Å²) in [6.07, 6.45) is 0. The Balaban J connectivity index is 0.895. The standard InChI is InChI=1S/C74H47NO2/c1-3-17-48(18-4-1)50-33-37-55(38-34-50)75(56-39-35-51(36-40-56)49-19-5-2-6-20-49)70-44-43-64(62-23-9-10-24-65(62)70)63-42-41-57(60-21-7-8-22-61(60)63)52-45-53(58-27-15-29-68-66-25-11-13-31-71(66)76-73(58)68)47-54(46-52)59-28-16-30-69-67-26-12-14-32-72(67)77-74(59)69/h1-47H. The molecule has 0 saturated heterocycles. The fourth-order valence-electron chi connectivity index (χ4n) is 11.8. The third-order valence-corrected chi connectivity index (χ3v) is 15.5. The molecule has 77 heavy (non-hydrogen) atoms. The van der Waals surface area contributed by atoms with E-state index in [4.69, 9.17) is 8.83 Å². The van der Waals surface area contributed by atoms with Crippen LogP contribution in [0.4, 0.5) is 17.1 Å². The highest BCUT2D eigenvalue weighted by atomic mass is 16.3. The average molecular weight is 982 g/mol. The van der Waals surface area contributed by atoms with Gasteiger partial charge in [-0.05, 0) is 132 Å². The zero-order valence-electron chi connectivity index (χ0n) is 41.9. The van der Waals surface area contributed by atoms with Gasteiger partial charge < -0.3 is 13.7 Å². The van der Waals surface area contributed by atoms with Crippen LogP contribution in [0.2, 0.25) is 0 Å². The van der Waals surface area contributed by atoms with Crippen molar-refractivity contribution >= 4 is 82.5 Å². The topological polar surface area (TPSA) is 29.5 Å². The lowest BCUT2D eigenvalue weighted by Gasteiger charge is -2.28. The summed E-state index contributed by atoms with van der Waals surface area (Å²) in [5.41, 5.74) is 20.3. The number of furan rings is 2. The van der Waals surface area contributed by atoms with E-state index in [0.29, 0.717) is 0 Å². The van der Waals surface area contributed by atoms with Crippen molar-refractivity contribution in [2.24, 2.45) is 0 Å². The average Bonchev–Trinajstić information content (AvgIpc) is 4.10. The fourth-order valence-corrected chi connectivity index (χ4v) is 11.8. The summed E-state index contributed by atoms with van der Waals surface area (Å²) in [7, 11) is 0. The van der Waals surface area contributed by atoms with Crippen LogP contribution in [0.3, 0.4) is 0 Å². The van der Waals surface area contributed by atoms with Gasteiger partial charge in [-0.25, -0.2) is 0 Å². The predicted molar refractivity (Wildman–Crippen MR) is 323 cm³/mol. The van der Waals surface area contributed by atoms with Gasteiger partial charge in [-0.3, -0.25) is 0 Å². The Morgan fingerprint density at radius 3 is 1.05 bits per heavy atom. The summed E-state index contributed by atoms with van der Waals surface area (Å²) < 4.78 is 13.4. The van der Waals surface area contributed by atoms with Crippen LogP contribution in [0.15, 0.2) is 294 Å². The molecule has 15 rings (SSSR count). The highest BCUT2D eigenvalue weighted by molar-refractivity contribution is 6.15. The Hall–Kier alpha value is -10.2. The molecule has 0 unspecified atom stereocenters. The van der Waals surface area contributed by atoms with Gasteiger partial charge in [-0.15, -0.1) is 0 Å². The van der Waals surface area contributed by atoms with E-state index in [1.165, 1.54) is 49.5 Å². The minimum absolute atomic E-state index is 0.876. The third-order valence-electron chi connectivity index (χ3n) is 15.5. The molecule has 2 heterocycles. The van der Waals surface area contributed by atoms with Crippen molar-refractivity contribution in [1.29, 1.82) is 0 Å². The molecule has 3 heteroatoms. The van der Waals surface area contributed by atoms with Gasteiger partial charge in [-0.2, -0.15) is 0 Å². The van der Waals surface area contributed by atoms with Gasteiger partial charge in [0, 0.05) is 49.4 Å². The number of nitrogens with zero attached hydrogens (tertiary/aromatic N) is 1. The molecule has 0 aliphatic rings. The quantitative estimate of drug-likeness (QED) is 0.144. The minimum atomic E-state index is 0.876. The van der Waals surface area contributed by atoms with Crippen LogP contribution in [0.1, 0.15) is 0 Å². The van der Waals surface area contributed by atoms with E-state index >= 15 is 0 Å². The Morgan fingerprint density at radius 2 is 0.558 bits per heavy atom. The molecule has 360 valence electrons. The number of hydrogen-bond donors (Lipinski definition) is 0. The lowest BCUT2D eigenvalue weighted by molar-refractivity contribution is 0.670.